The fourth-order valence-electron chi connectivity index (χ4n) is 2.75. The van der Waals surface area contributed by atoms with Gasteiger partial charge in [0.05, 0.1) is 0 Å². The lowest BCUT2D eigenvalue weighted by Gasteiger charge is -2.35. The summed E-state index contributed by atoms with van der Waals surface area (Å²) in [6, 6.07) is 10.3. The van der Waals surface area contributed by atoms with Gasteiger partial charge in [-0.3, -0.25) is 0 Å². The fraction of sp³-hybridized carbons (Fsp3) is 0.611. The highest BCUT2D eigenvalue weighted by Gasteiger charge is 2.27. The summed E-state index contributed by atoms with van der Waals surface area (Å²) >= 11 is 0. The van der Waals surface area contributed by atoms with Crippen molar-refractivity contribution in [1.82, 2.24) is 10.2 Å². The van der Waals surface area contributed by atoms with Crippen LogP contribution >= 0.6 is 0 Å². The van der Waals surface area contributed by atoms with Gasteiger partial charge < -0.3 is 20.7 Å². The van der Waals surface area contributed by atoms with Crippen LogP contribution in [0.2, 0.25) is 0 Å². The van der Waals surface area contributed by atoms with Gasteiger partial charge in [-0.1, -0.05) is 30.3 Å². The Morgan fingerprint density at radius 1 is 1.39 bits per heavy atom. The van der Waals surface area contributed by atoms with E-state index in [-0.39, 0.29) is 18.2 Å². The van der Waals surface area contributed by atoms with E-state index in [9.17, 15) is 4.79 Å². The molecule has 0 aliphatic carbocycles. The maximum atomic E-state index is 12.2. The largest absolute Gasteiger partial charge is 0.444 e. The molecule has 0 radical (unpaired) electrons. The second-order valence-corrected chi connectivity index (χ2v) is 7.19. The standard InChI is InChI=1S/C18H29N3O2/c1-18(2,3)23-17(22)21-11-7-10-15(13-21)20-12-16(19)14-8-5-4-6-9-14/h4-6,8-9,15-16,20H,7,10-13,19H2,1-3H3/t15-,16-/m1/s1. The molecule has 1 aliphatic heterocycles. The van der Waals surface area contributed by atoms with Crippen molar-refractivity contribution < 1.29 is 9.53 Å². The summed E-state index contributed by atoms with van der Waals surface area (Å²) < 4.78 is 5.45. The van der Waals surface area contributed by atoms with Crippen molar-refractivity contribution in [1.29, 1.82) is 0 Å². The molecular weight excluding hydrogens is 290 g/mol. The summed E-state index contributed by atoms with van der Waals surface area (Å²) in [5.74, 6) is 0. The molecule has 23 heavy (non-hydrogen) atoms. The minimum Gasteiger partial charge on any atom is -0.444 e. The average molecular weight is 319 g/mol. The van der Waals surface area contributed by atoms with Gasteiger partial charge in [-0.2, -0.15) is 0 Å². The van der Waals surface area contributed by atoms with Crippen molar-refractivity contribution in [2.45, 2.75) is 51.3 Å². The van der Waals surface area contributed by atoms with E-state index in [0.717, 1.165) is 24.9 Å². The molecule has 1 aromatic carbocycles. The summed E-state index contributed by atoms with van der Waals surface area (Å²) in [6.07, 6.45) is 1.81. The quantitative estimate of drug-likeness (QED) is 0.895. The van der Waals surface area contributed by atoms with Gasteiger partial charge in [0.1, 0.15) is 5.60 Å². The number of ether oxygens (including phenoxy) is 1. The normalized spacial score (nSPS) is 20.2. The van der Waals surface area contributed by atoms with Crippen molar-refractivity contribution in [3.63, 3.8) is 0 Å². The maximum Gasteiger partial charge on any atom is 0.410 e. The van der Waals surface area contributed by atoms with Gasteiger partial charge in [0, 0.05) is 31.7 Å². The second kappa shape index (κ2) is 7.79. The first kappa shape index (κ1) is 17.8. The number of amides is 1. The van der Waals surface area contributed by atoms with Crippen LogP contribution in [-0.2, 0) is 4.74 Å². The summed E-state index contributed by atoms with van der Waals surface area (Å²) in [4.78, 5) is 14.0. The average Bonchev–Trinajstić information content (AvgIpc) is 2.52. The van der Waals surface area contributed by atoms with Gasteiger partial charge in [0.2, 0.25) is 0 Å². The number of benzene rings is 1. The van der Waals surface area contributed by atoms with Gasteiger partial charge >= 0.3 is 6.09 Å². The molecule has 5 nitrogen and oxygen atoms in total. The summed E-state index contributed by atoms with van der Waals surface area (Å²) in [6.45, 7) is 7.82. The smallest absolute Gasteiger partial charge is 0.410 e. The van der Waals surface area contributed by atoms with E-state index in [0.29, 0.717) is 13.1 Å². The van der Waals surface area contributed by atoms with Crippen molar-refractivity contribution in [3.8, 4) is 0 Å². The molecule has 1 aliphatic rings. The Kier molecular flexibility index (Phi) is 6.02. The number of nitrogens with two attached hydrogens (primary N) is 1. The number of nitrogens with one attached hydrogen (secondary N) is 1. The van der Waals surface area contributed by atoms with Crippen LogP contribution in [0.15, 0.2) is 30.3 Å². The van der Waals surface area contributed by atoms with Gasteiger partial charge in [-0.15, -0.1) is 0 Å². The lowest BCUT2D eigenvalue weighted by molar-refractivity contribution is 0.0187. The van der Waals surface area contributed by atoms with Crippen LogP contribution in [0.25, 0.3) is 0 Å². The highest BCUT2D eigenvalue weighted by atomic mass is 16.6. The van der Waals surface area contributed by atoms with E-state index in [1.54, 1.807) is 4.90 Å². The molecule has 1 aromatic rings. The Labute approximate surface area is 139 Å². The lowest BCUT2D eigenvalue weighted by atomic mass is 10.0. The summed E-state index contributed by atoms with van der Waals surface area (Å²) in [7, 11) is 0. The number of carbonyl (C=O) groups excluding carboxylic acids is 1. The Morgan fingerprint density at radius 3 is 2.74 bits per heavy atom. The predicted molar refractivity (Wildman–Crippen MR) is 92.2 cm³/mol. The minimum absolute atomic E-state index is 0.0342. The maximum absolute atomic E-state index is 12.2. The Bertz CT molecular complexity index is 499. The second-order valence-electron chi connectivity index (χ2n) is 7.19. The molecule has 0 saturated carbocycles. The Balaban J connectivity index is 1.81. The van der Waals surface area contributed by atoms with Crippen molar-refractivity contribution in [2.24, 2.45) is 5.73 Å². The van der Waals surface area contributed by atoms with E-state index in [1.807, 2.05) is 51.1 Å². The molecule has 1 saturated heterocycles. The molecular formula is C18H29N3O2. The molecule has 2 atom stereocenters. The number of rotatable bonds is 4. The molecule has 2 rings (SSSR count). The first-order chi connectivity index (χ1) is 10.8. The van der Waals surface area contributed by atoms with Gasteiger partial charge in [0.25, 0.3) is 0 Å². The lowest BCUT2D eigenvalue weighted by Crippen LogP contribution is -2.50. The number of piperidine rings is 1. The number of hydrogen-bond acceptors (Lipinski definition) is 4. The minimum atomic E-state index is -0.451. The molecule has 5 heteroatoms. The molecule has 0 unspecified atom stereocenters. The number of hydrogen-bond donors (Lipinski definition) is 2. The van der Waals surface area contributed by atoms with Crippen LogP contribution in [0.4, 0.5) is 4.79 Å². The van der Waals surface area contributed by atoms with Crippen LogP contribution in [0.5, 0.6) is 0 Å². The molecule has 1 fully saturated rings. The predicted octanol–water partition coefficient (Wildman–Crippen LogP) is 2.68. The Morgan fingerprint density at radius 2 is 2.09 bits per heavy atom. The van der Waals surface area contributed by atoms with E-state index in [2.05, 4.69) is 5.32 Å². The molecule has 1 amide bonds. The zero-order valence-corrected chi connectivity index (χ0v) is 14.4. The molecule has 3 N–H and O–H groups in total. The first-order valence-corrected chi connectivity index (χ1v) is 8.37. The number of likely N-dealkylation sites (tertiary alicyclic amines) is 1. The highest BCUT2D eigenvalue weighted by molar-refractivity contribution is 5.68. The van der Waals surface area contributed by atoms with Crippen LogP contribution < -0.4 is 11.1 Å². The van der Waals surface area contributed by atoms with E-state index in [4.69, 9.17) is 10.5 Å². The zero-order chi connectivity index (χ0) is 16.9. The molecule has 0 aromatic heterocycles. The number of carbonyl (C=O) groups is 1. The van der Waals surface area contributed by atoms with E-state index >= 15 is 0 Å². The van der Waals surface area contributed by atoms with Crippen LogP contribution in [0.3, 0.4) is 0 Å². The third-order valence-electron chi connectivity index (χ3n) is 3.93. The highest BCUT2D eigenvalue weighted by Crippen LogP contribution is 2.16. The van der Waals surface area contributed by atoms with Crippen LogP contribution in [0, 0.1) is 0 Å². The van der Waals surface area contributed by atoms with Crippen LogP contribution in [0.1, 0.15) is 45.2 Å². The topological polar surface area (TPSA) is 67.6 Å². The molecule has 1 heterocycles. The third kappa shape index (κ3) is 5.84. The monoisotopic (exact) mass is 319 g/mol. The van der Waals surface area contributed by atoms with Gasteiger partial charge in [-0.05, 0) is 39.2 Å². The van der Waals surface area contributed by atoms with Crippen molar-refractivity contribution >= 4 is 6.09 Å². The van der Waals surface area contributed by atoms with Crippen molar-refractivity contribution in [2.75, 3.05) is 19.6 Å². The van der Waals surface area contributed by atoms with Crippen molar-refractivity contribution in [3.05, 3.63) is 35.9 Å². The zero-order valence-electron chi connectivity index (χ0n) is 14.4. The van der Waals surface area contributed by atoms with Crippen LogP contribution in [-0.4, -0.2) is 42.3 Å². The molecule has 0 spiro atoms. The number of nitrogens with zero attached hydrogens (tertiary/aromatic N) is 1. The van der Waals surface area contributed by atoms with E-state index < -0.39 is 5.60 Å². The summed E-state index contributed by atoms with van der Waals surface area (Å²) in [5, 5.41) is 3.49. The van der Waals surface area contributed by atoms with Gasteiger partial charge in [0.15, 0.2) is 0 Å². The SMILES string of the molecule is CC(C)(C)OC(=O)N1CCC[C@@H](NC[C@@H](N)c2ccccc2)C1. The van der Waals surface area contributed by atoms with E-state index in [1.165, 1.54) is 0 Å². The fourth-order valence-corrected chi connectivity index (χ4v) is 2.75. The Hall–Kier alpha value is -1.59. The van der Waals surface area contributed by atoms with Gasteiger partial charge in [-0.25, -0.2) is 4.79 Å². The molecule has 128 valence electrons. The summed E-state index contributed by atoms with van der Waals surface area (Å²) in [5.41, 5.74) is 6.90. The first-order valence-electron chi connectivity index (χ1n) is 8.37. The third-order valence-corrected chi connectivity index (χ3v) is 3.93. The molecule has 0 bridgehead atoms.